The smallest absolute Gasteiger partial charge is 0.0924 e. The summed E-state index contributed by atoms with van der Waals surface area (Å²) in [6.45, 7) is 0.466. The van der Waals surface area contributed by atoms with Crippen molar-refractivity contribution in [3.05, 3.63) is 41.0 Å². The molecule has 72 valence electrons. The van der Waals surface area contributed by atoms with Crippen molar-refractivity contribution in [3.63, 3.8) is 0 Å². The Hall–Kier alpha value is -1.32. The van der Waals surface area contributed by atoms with E-state index >= 15 is 0 Å². The van der Waals surface area contributed by atoms with Gasteiger partial charge in [-0.1, -0.05) is 23.7 Å². The van der Waals surface area contributed by atoms with E-state index in [2.05, 4.69) is 10.2 Å². The summed E-state index contributed by atoms with van der Waals surface area (Å²) in [4.78, 5) is 0. The van der Waals surface area contributed by atoms with Gasteiger partial charge in [0.25, 0.3) is 0 Å². The van der Waals surface area contributed by atoms with Gasteiger partial charge in [0, 0.05) is 22.8 Å². The van der Waals surface area contributed by atoms with Gasteiger partial charge in [0.15, 0.2) is 0 Å². The summed E-state index contributed by atoms with van der Waals surface area (Å²) in [5.74, 6) is 0. The molecule has 3 N–H and O–H groups in total. The van der Waals surface area contributed by atoms with Crippen molar-refractivity contribution in [2.75, 3.05) is 0 Å². The lowest BCUT2D eigenvalue weighted by Gasteiger charge is -1.95. The fourth-order valence-corrected chi connectivity index (χ4v) is 1.45. The van der Waals surface area contributed by atoms with E-state index < -0.39 is 0 Å². The largest absolute Gasteiger partial charge is 0.325 e. The van der Waals surface area contributed by atoms with E-state index in [0.29, 0.717) is 11.6 Å². The predicted molar refractivity (Wildman–Crippen MR) is 56.9 cm³/mol. The summed E-state index contributed by atoms with van der Waals surface area (Å²) in [5, 5.41) is 7.70. The lowest BCUT2D eigenvalue weighted by atomic mass is 10.1. The minimum Gasteiger partial charge on any atom is -0.325 e. The van der Waals surface area contributed by atoms with E-state index in [1.807, 2.05) is 30.3 Å². The van der Waals surface area contributed by atoms with Gasteiger partial charge in [-0.25, -0.2) is 0 Å². The summed E-state index contributed by atoms with van der Waals surface area (Å²) in [7, 11) is 0. The Balaban J connectivity index is 2.39. The third kappa shape index (κ3) is 1.78. The first-order chi connectivity index (χ1) is 6.79. The minimum atomic E-state index is 0.466. The highest BCUT2D eigenvalue weighted by molar-refractivity contribution is 6.30. The zero-order valence-electron chi connectivity index (χ0n) is 7.50. The van der Waals surface area contributed by atoms with Crippen molar-refractivity contribution in [3.8, 4) is 11.3 Å². The number of nitrogens with zero attached hydrogens (tertiary/aromatic N) is 1. The first-order valence-corrected chi connectivity index (χ1v) is 4.67. The molecular weight excluding hydrogens is 198 g/mol. The van der Waals surface area contributed by atoms with Crippen LogP contribution in [0.25, 0.3) is 11.3 Å². The van der Waals surface area contributed by atoms with Crippen LogP contribution in [0.1, 0.15) is 5.69 Å². The number of halogens is 1. The molecule has 2 rings (SSSR count). The number of nitrogens with one attached hydrogen (secondary N) is 1. The highest BCUT2D eigenvalue weighted by atomic mass is 35.5. The van der Waals surface area contributed by atoms with Crippen LogP contribution < -0.4 is 5.73 Å². The van der Waals surface area contributed by atoms with Crippen molar-refractivity contribution in [1.29, 1.82) is 0 Å². The second-order valence-corrected chi connectivity index (χ2v) is 3.43. The highest BCUT2D eigenvalue weighted by Crippen LogP contribution is 2.20. The Morgan fingerprint density at radius 3 is 2.86 bits per heavy atom. The van der Waals surface area contributed by atoms with Crippen molar-refractivity contribution >= 4 is 11.6 Å². The Kier molecular flexibility index (Phi) is 2.52. The maximum atomic E-state index is 5.87. The van der Waals surface area contributed by atoms with Crippen molar-refractivity contribution < 1.29 is 0 Å². The number of benzene rings is 1. The standard InChI is InChI=1S/C10H10ClN3/c11-8-3-1-2-7(4-8)10-5-9(6-12)13-14-10/h1-5H,6,12H2,(H,13,14). The molecule has 0 atom stereocenters. The summed E-state index contributed by atoms with van der Waals surface area (Å²) in [6.07, 6.45) is 0. The third-order valence-electron chi connectivity index (χ3n) is 1.97. The second kappa shape index (κ2) is 3.82. The topological polar surface area (TPSA) is 54.7 Å². The van der Waals surface area contributed by atoms with Gasteiger partial charge in [0.1, 0.15) is 0 Å². The molecule has 0 fully saturated rings. The SMILES string of the molecule is NCc1cc(-c2cccc(Cl)c2)n[nH]1. The molecule has 1 aromatic carbocycles. The van der Waals surface area contributed by atoms with Crippen LogP contribution in [0.2, 0.25) is 5.02 Å². The molecule has 4 heteroatoms. The van der Waals surface area contributed by atoms with Crippen LogP contribution in [0.4, 0.5) is 0 Å². The Labute approximate surface area is 86.9 Å². The van der Waals surface area contributed by atoms with E-state index in [1.54, 1.807) is 0 Å². The molecule has 3 nitrogen and oxygen atoms in total. The van der Waals surface area contributed by atoms with Crippen molar-refractivity contribution in [1.82, 2.24) is 10.2 Å². The van der Waals surface area contributed by atoms with E-state index in [4.69, 9.17) is 17.3 Å². The molecule has 2 aromatic rings. The van der Waals surface area contributed by atoms with Crippen molar-refractivity contribution in [2.45, 2.75) is 6.54 Å². The second-order valence-electron chi connectivity index (χ2n) is 2.99. The molecule has 0 radical (unpaired) electrons. The van der Waals surface area contributed by atoms with Crippen LogP contribution in [0.3, 0.4) is 0 Å². The molecule has 0 saturated carbocycles. The van der Waals surface area contributed by atoms with Crippen LogP contribution in [0.5, 0.6) is 0 Å². The molecule has 0 spiro atoms. The molecule has 0 aliphatic heterocycles. The van der Waals surface area contributed by atoms with Gasteiger partial charge in [-0.05, 0) is 18.2 Å². The number of H-pyrrole nitrogens is 1. The molecule has 0 unspecified atom stereocenters. The minimum absolute atomic E-state index is 0.466. The zero-order chi connectivity index (χ0) is 9.97. The van der Waals surface area contributed by atoms with Crippen LogP contribution in [0, 0.1) is 0 Å². The monoisotopic (exact) mass is 207 g/mol. The lowest BCUT2D eigenvalue weighted by molar-refractivity contribution is 0.948. The Morgan fingerprint density at radius 1 is 1.36 bits per heavy atom. The zero-order valence-corrected chi connectivity index (χ0v) is 8.25. The highest BCUT2D eigenvalue weighted by Gasteiger charge is 2.02. The summed E-state index contributed by atoms with van der Waals surface area (Å²) >= 11 is 5.87. The van der Waals surface area contributed by atoms with Crippen LogP contribution >= 0.6 is 11.6 Å². The van der Waals surface area contributed by atoms with Crippen molar-refractivity contribution in [2.24, 2.45) is 5.73 Å². The fraction of sp³-hybridized carbons (Fsp3) is 0.100. The molecule has 1 aromatic heterocycles. The van der Waals surface area contributed by atoms with E-state index in [9.17, 15) is 0 Å². The Bertz CT molecular complexity index is 436. The van der Waals surface area contributed by atoms with Gasteiger partial charge in [-0.2, -0.15) is 5.10 Å². The van der Waals surface area contributed by atoms with E-state index in [-0.39, 0.29) is 0 Å². The third-order valence-corrected chi connectivity index (χ3v) is 2.21. The van der Waals surface area contributed by atoms with Crippen LogP contribution in [0.15, 0.2) is 30.3 Å². The normalized spacial score (nSPS) is 10.4. The summed E-state index contributed by atoms with van der Waals surface area (Å²) in [5.41, 5.74) is 8.25. The molecule has 0 bridgehead atoms. The lowest BCUT2D eigenvalue weighted by Crippen LogP contribution is -1.95. The Morgan fingerprint density at radius 2 is 2.21 bits per heavy atom. The number of aromatic amines is 1. The summed E-state index contributed by atoms with van der Waals surface area (Å²) < 4.78 is 0. The van der Waals surface area contributed by atoms with Gasteiger partial charge in [-0.3, -0.25) is 5.10 Å². The number of hydrogen-bond acceptors (Lipinski definition) is 2. The molecule has 0 aliphatic rings. The quantitative estimate of drug-likeness (QED) is 0.793. The first-order valence-electron chi connectivity index (χ1n) is 4.30. The fourth-order valence-electron chi connectivity index (χ4n) is 1.26. The molecule has 0 amide bonds. The van der Waals surface area contributed by atoms with Gasteiger partial charge in [0.2, 0.25) is 0 Å². The van der Waals surface area contributed by atoms with Gasteiger partial charge < -0.3 is 5.73 Å². The molecule has 14 heavy (non-hydrogen) atoms. The predicted octanol–water partition coefficient (Wildman–Crippen LogP) is 2.19. The average molecular weight is 208 g/mol. The molecule has 0 aliphatic carbocycles. The number of aromatic nitrogens is 2. The maximum Gasteiger partial charge on any atom is 0.0924 e. The molecular formula is C10H10ClN3. The number of rotatable bonds is 2. The number of nitrogens with two attached hydrogens (primary N) is 1. The molecule has 1 heterocycles. The first kappa shape index (κ1) is 9.24. The van der Waals surface area contributed by atoms with Gasteiger partial charge in [-0.15, -0.1) is 0 Å². The van der Waals surface area contributed by atoms with Gasteiger partial charge >= 0.3 is 0 Å². The van der Waals surface area contributed by atoms with Crippen LogP contribution in [-0.4, -0.2) is 10.2 Å². The van der Waals surface area contributed by atoms with Gasteiger partial charge in [0.05, 0.1) is 5.69 Å². The van der Waals surface area contributed by atoms with Crippen LogP contribution in [-0.2, 0) is 6.54 Å². The van der Waals surface area contributed by atoms with E-state index in [1.165, 1.54) is 0 Å². The average Bonchev–Trinajstić information content (AvgIpc) is 2.66. The molecule has 0 saturated heterocycles. The van der Waals surface area contributed by atoms with E-state index in [0.717, 1.165) is 17.0 Å². The number of hydrogen-bond donors (Lipinski definition) is 2. The summed E-state index contributed by atoms with van der Waals surface area (Å²) in [6, 6.07) is 9.49. The maximum absolute atomic E-state index is 5.87.